The van der Waals surface area contributed by atoms with E-state index in [9.17, 15) is 9.59 Å². The minimum absolute atomic E-state index is 0.310. The third kappa shape index (κ3) is 14.8. The van der Waals surface area contributed by atoms with Gasteiger partial charge in [-0.05, 0) is 108 Å². The fourth-order valence-electron chi connectivity index (χ4n) is 5.64. The first-order chi connectivity index (χ1) is 25.6. The molecule has 14 heteroatoms. The molecule has 53 heavy (non-hydrogen) atoms. The molecule has 0 radical (unpaired) electrons. The Balaban J connectivity index is 2.35. The second kappa shape index (κ2) is 24.9. The van der Waals surface area contributed by atoms with Crippen molar-refractivity contribution in [2.45, 2.75) is 72.9 Å². The van der Waals surface area contributed by atoms with Crippen LogP contribution in [0.4, 0.5) is 0 Å². The first-order valence-corrected chi connectivity index (χ1v) is 22.3. The largest absolute Gasteiger partial charge is 0.501 e. The number of benzene rings is 2. The van der Waals surface area contributed by atoms with Gasteiger partial charge in [0.1, 0.15) is 0 Å². The van der Waals surface area contributed by atoms with Crippen LogP contribution in [0, 0.1) is 0 Å². The summed E-state index contributed by atoms with van der Waals surface area (Å²) in [5.41, 5.74) is 1.90. The van der Waals surface area contributed by atoms with E-state index in [0.717, 1.165) is 6.08 Å². The number of ether oxygens (including phenoxy) is 4. The third-order valence-electron chi connectivity index (χ3n) is 7.79. The monoisotopic (exact) mass is 776 g/mol. The summed E-state index contributed by atoms with van der Waals surface area (Å²) in [5, 5.41) is 0. The van der Waals surface area contributed by atoms with Crippen molar-refractivity contribution in [2.75, 3.05) is 67.1 Å². The van der Waals surface area contributed by atoms with Crippen molar-refractivity contribution in [1.82, 2.24) is 0 Å². The van der Waals surface area contributed by atoms with Crippen molar-refractivity contribution in [3.63, 3.8) is 0 Å². The van der Waals surface area contributed by atoms with E-state index >= 15 is 0 Å². The lowest BCUT2D eigenvalue weighted by Gasteiger charge is -2.28. The van der Waals surface area contributed by atoms with Gasteiger partial charge in [-0.3, -0.25) is 9.59 Å². The van der Waals surface area contributed by atoms with E-state index in [4.69, 9.17) is 45.5 Å². The van der Waals surface area contributed by atoms with Crippen LogP contribution in [0.15, 0.2) is 55.1 Å². The molecule has 0 aliphatic carbocycles. The Bertz CT molecular complexity index is 1330. The Morgan fingerprint density at radius 2 is 0.962 bits per heavy atom. The molecule has 0 aromatic heterocycles. The van der Waals surface area contributed by atoms with Gasteiger partial charge in [0, 0.05) is 51.7 Å². The highest BCUT2D eigenvalue weighted by Gasteiger charge is 2.40. The molecule has 0 bridgehead atoms. The second-order valence-electron chi connectivity index (χ2n) is 11.5. The highest BCUT2D eigenvalue weighted by Crippen LogP contribution is 2.37. The van der Waals surface area contributed by atoms with Gasteiger partial charge in [0.05, 0.1) is 33.9 Å². The molecule has 0 saturated carbocycles. The number of rotatable bonds is 30. The maximum atomic E-state index is 13.1. The molecule has 2 aromatic carbocycles. The van der Waals surface area contributed by atoms with Crippen molar-refractivity contribution < 1.29 is 55.1 Å². The normalized spacial score (nSPS) is 11.5. The van der Waals surface area contributed by atoms with E-state index < -0.39 is 17.6 Å². The van der Waals surface area contributed by atoms with Crippen molar-refractivity contribution >= 4 is 34.7 Å². The van der Waals surface area contributed by atoms with Gasteiger partial charge in [-0.2, -0.15) is 0 Å². The van der Waals surface area contributed by atoms with E-state index in [1.807, 2.05) is 53.7 Å². The minimum atomic E-state index is -2.80. The van der Waals surface area contributed by atoms with Crippen molar-refractivity contribution in [3.8, 4) is 23.0 Å². The molecule has 0 aliphatic rings. The molecule has 0 spiro atoms. The Hall–Kier alpha value is -3.35. The van der Waals surface area contributed by atoms with Crippen molar-refractivity contribution in [3.05, 3.63) is 66.3 Å². The quantitative estimate of drug-likeness (QED) is 0.0338. The summed E-state index contributed by atoms with van der Waals surface area (Å²) in [6.45, 7) is 18.9. The first kappa shape index (κ1) is 45.8. The minimum Gasteiger partial charge on any atom is -0.493 e. The molecular formula is C39H60O12Si2. The van der Waals surface area contributed by atoms with Gasteiger partial charge in [0.15, 0.2) is 34.6 Å². The summed E-state index contributed by atoms with van der Waals surface area (Å²) in [4.78, 5) is 25.2. The van der Waals surface area contributed by atoms with Crippen LogP contribution in [0.2, 0.25) is 12.1 Å². The summed E-state index contributed by atoms with van der Waals surface area (Å²) in [5.74, 6) is 1.27. The van der Waals surface area contributed by atoms with Crippen LogP contribution in [-0.4, -0.2) is 96.3 Å². The van der Waals surface area contributed by atoms with Gasteiger partial charge in [-0.25, -0.2) is 0 Å². The number of carbonyl (C=O) groups excluding carboxylic acids is 2. The van der Waals surface area contributed by atoms with Gasteiger partial charge < -0.3 is 45.5 Å². The maximum absolute atomic E-state index is 13.1. The zero-order valence-corrected chi connectivity index (χ0v) is 34.9. The Labute approximate surface area is 318 Å². The molecule has 0 aliphatic heterocycles. The second-order valence-corrected chi connectivity index (χ2v) is 16.9. The molecule has 0 N–H and O–H groups in total. The van der Waals surface area contributed by atoms with Crippen LogP contribution in [0.1, 0.15) is 71.9 Å². The van der Waals surface area contributed by atoms with Gasteiger partial charge >= 0.3 is 17.6 Å². The van der Waals surface area contributed by atoms with Crippen LogP contribution < -0.4 is 18.9 Å². The van der Waals surface area contributed by atoms with Crippen molar-refractivity contribution in [2.24, 2.45) is 0 Å². The first-order valence-electron chi connectivity index (χ1n) is 18.5. The standard InChI is InChI=1S/C39H60O12Si2/c1-10-33(40)29-34(41)30-35(31-19-21-36(38(27-31)42-8)44-23-17-25-52(46-11-2,47-12-3)48-13-4)32-20-22-37(39(28-32)43-9)45-24-18-26-53(49-14-5,50-15-6)51-16-7/h10,19-22,27-28,30H,1,11-18,23-26,29H2,2-9H3. The molecule has 0 saturated heterocycles. The van der Waals surface area contributed by atoms with Gasteiger partial charge in [-0.15, -0.1) is 0 Å². The summed E-state index contributed by atoms with van der Waals surface area (Å²) in [7, 11) is -2.49. The molecule has 0 heterocycles. The smallest absolute Gasteiger partial charge is 0.493 e. The Kier molecular flexibility index (Phi) is 21.5. The lowest BCUT2D eigenvalue weighted by Crippen LogP contribution is -2.46. The zero-order chi connectivity index (χ0) is 39.1. The SMILES string of the molecule is C=CC(=O)CC(=O)C=C(c1ccc(OCCC[Si](OCC)(OCC)OCC)c(OC)c1)c1ccc(OCCC[Si](OCC)(OCC)OCC)c(OC)c1. The van der Waals surface area contributed by atoms with E-state index in [0.29, 0.717) is 117 Å². The number of hydrogen-bond donors (Lipinski definition) is 0. The van der Waals surface area contributed by atoms with E-state index in [1.54, 1.807) is 38.5 Å². The molecule has 2 aromatic rings. The molecule has 2 rings (SSSR count). The van der Waals surface area contributed by atoms with Crippen LogP contribution >= 0.6 is 0 Å². The number of carbonyl (C=O) groups is 2. The lowest BCUT2D eigenvalue weighted by atomic mass is 9.95. The highest BCUT2D eigenvalue weighted by atomic mass is 28.4. The fraction of sp³-hybridized carbons (Fsp3) is 0.538. The summed E-state index contributed by atoms with van der Waals surface area (Å²) in [6.07, 6.45) is 3.58. The molecular weight excluding hydrogens is 717 g/mol. The van der Waals surface area contributed by atoms with Gasteiger partial charge in [0.2, 0.25) is 0 Å². The highest BCUT2D eigenvalue weighted by molar-refractivity contribution is 6.61. The topological polar surface area (TPSA) is 126 Å². The van der Waals surface area contributed by atoms with E-state index in [-0.39, 0.29) is 18.0 Å². The fourth-order valence-corrected chi connectivity index (χ4v) is 10.8. The number of ketones is 2. The van der Waals surface area contributed by atoms with Crippen LogP contribution in [0.3, 0.4) is 0 Å². The molecule has 0 fully saturated rings. The third-order valence-corrected chi connectivity index (χ3v) is 14.1. The van der Waals surface area contributed by atoms with Gasteiger partial charge in [0.25, 0.3) is 0 Å². The Morgan fingerprint density at radius 1 is 0.585 bits per heavy atom. The van der Waals surface area contributed by atoms with Gasteiger partial charge in [-0.1, -0.05) is 18.7 Å². The maximum Gasteiger partial charge on any atom is 0.501 e. The Morgan fingerprint density at radius 3 is 1.28 bits per heavy atom. The zero-order valence-electron chi connectivity index (χ0n) is 32.9. The molecule has 296 valence electrons. The number of methoxy groups -OCH3 is 2. The lowest BCUT2D eigenvalue weighted by molar-refractivity contribution is -0.121. The molecule has 0 atom stereocenters. The summed E-state index contributed by atoms with van der Waals surface area (Å²) in [6, 6.07) is 12.1. The van der Waals surface area contributed by atoms with Crippen LogP contribution in [0.25, 0.3) is 5.57 Å². The van der Waals surface area contributed by atoms with E-state index in [1.165, 1.54) is 6.08 Å². The predicted octanol–water partition coefficient (Wildman–Crippen LogP) is 7.48. The average Bonchev–Trinajstić information content (AvgIpc) is 3.15. The number of allylic oxidation sites excluding steroid dienone is 2. The summed E-state index contributed by atoms with van der Waals surface area (Å²) < 4.78 is 59.5. The average molecular weight is 777 g/mol. The van der Waals surface area contributed by atoms with Crippen LogP contribution in [-0.2, 0) is 36.1 Å². The van der Waals surface area contributed by atoms with Crippen molar-refractivity contribution in [1.29, 1.82) is 0 Å². The predicted molar refractivity (Wildman–Crippen MR) is 209 cm³/mol. The van der Waals surface area contributed by atoms with Crippen LogP contribution in [0.5, 0.6) is 23.0 Å². The number of hydrogen-bond acceptors (Lipinski definition) is 12. The molecule has 0 amide bonds. The molecule has 12 nitrogen and oxygen atoms in total. The van der Waals surface area contributed by atoms with E-state index in [2.05, 4.69) is 6.58 Å². The molecule has 0 unspecified atom stereocenters. The summed E-state index contributed by atoms with van der Waals surface area (Å²) >= 11 is 0.